The van der Waals surface area contributed by atoms with E-state index in [-0.39, 0.29) is 29.0 Å². The van der Waals surface area contributed by atoms with Gasteiger partial charge in [0.1, 0.15) is 0 Å². The summed E-state index contributed by atoms with van der Waals surface area (Å²) >= 11 is 0. The molecule has 0 bridgehead atoms. The van der Waals surface area contributed by atoms with Crippen LogP contribution in [0.5, 0.6) is 0 Å². The number of hydrogen-bond donors (Lipinski definition) is 2. The van der Waals surface area contributed by atoms with Crippen LogP contribution in [0.3, 0.4) is 0 Å². The molecule has 1 saturated carbocycles. The summed E-state index contributed by atoms with van der Waals surface area (Å²) in [6.45, 7) is -0.175. The van der Waals surface area contributed by atoms with E-state index in [0.717, 1.165) is 18.4 Å². The zero-order chi connectivity index (χ0) is 20.0. The lowest BCUT2D eigenvalue weighted by molar-refractivity contribution is -0.123. The predicted molar refractivity (Wildman–Crippen MR) is 108 cm³/mol. The molecule has 1 fully saturated rings. The third-order valence-corrected chi connectivity index (χ3v) is 7.10. The van der Waals surface area contributed by atoms with Crippen molar-refractivity contribution in [2.24, 2.45) is 0 Å². The first-order valence-corrected chi connectivity index (χ1v) is 10.9. The van der Waals surface area contributed by atoms with Crippen molar-refractivity contribution in [3.8, 4) is 0 Å². The quantitative estimate of drug-likeness (QED) is 0.747. The zero-order valence-corrected chi connectivity index (χ0v) is 16.4. The molecule has 6 nitrogen and oxygen atoms in total. The van der Waals surface area contributed by atoms with E-state index in [0.29, 0.717) is 18.5 Å². The van der Waals surface area contributed by atoms with Gasteiger partial charge in [-0.3, -0.25) is 9.59 Å². The standard InChI is InChI=1S/C21H24N2O4S/c24-20(13-16-7-2-1-3-8-16)22-15-21(25)23-17-9-6-12-19(14-17)28(26,27)18-10-4-5-11-18/h1-3,6-9,12,14,18H,4-5,10-11,13,15H2,(H,22,24)(H,23,25). The summed E-state index contributed by atoms with van der Waals surface area (Å²) in [6, 6.07) is 15.6. The number of hydrogen-bond acceptors (Lipinski definition) is 4. The number of carbonyl (C=O) groups is 2. The molecule has 1 aliphatic rings. The van der Waals surface area contributed by atoms with Gasteiger partial charge in [-0.25, -0.2) is 8.42 Å². The van der Waals surface area contributed by atoms with Crippen LogP contribution in [0.4, 0.5) is 5.69 Å². The Balaban J connectivity index is 1.55. The lowest BCUT2D eigenvalue weighted by atomic mass is 10.1. The molecule has 0 aliphatic heterocycles. The number of benzene rings is 2. The Labute approximate surface area is 165 Å². The second-order valence-electron chi connectivity index (χ2n) is 6.97. The molecule has 2 amide bonds. The first-order valence-electron chi connectivity index (χ1n) is 9.39. The summed E-state index contributed by atoms with van der Waals surface area (Å²) in [5.74, 6) is -0.657. The number of anilines is 1. The zero-order valence-electron chi connectivity index (χ0n) is 15.6. The SMILES string of the molecule is O=C(Cc1ccccc1)NCC(=O)Nc1cccc(S(=O)(=O)C2CCCC2)c1. The first kappa shape index (κ1) is 20.1. The minimum absolute atomic E-state index is 0.175. The molecule has 1 aliphatic carbocycles. The van der Waals surface area contributed by atoms with Crippen molar-refractivity contribution in [1.29, 1.82) is 0 Å². The molecule has 2 aromatic carbocycles. The van der Waals surface area contributed by atoms with Crippen molar-refractivity contribution in [3.05, 3.63) is 60.2 Å². The Morgan fingerprint density at radius 3 is 2.36 bits per heavy atom. The topological polar surface area (TPSA) is 92.3 Å². The van der Waals surface area contributed by atoms with Crippen LogP contribution in [0.1, 0.15) is 31.2 Å². The van der Waals surface area contributed by atoms with E-state index in [1.807, 2.05) is 30.3 Å². The van der Waals surface area contributed by atoms with Crippen molar-refractivity contribution in [2.45, 2.75) is 42.2 Å². The van der Waals surface area contributed by atoms with Gasteiger partial charge in [-0.1, -0.05) is 49.2 Å². The highest BCUT2D eigenvalue weighted by molar-refractivity contribution is 7.92. The van der Waals surface area contributed by atoms with Crippen LogP contribution < -0.4 is 10.6 Å². The normalized spacial score (nSPS) is 14.6. The molecule has 2 aromatic rings. The first-order chi connectivity index (χ1) is 13.4. The molecule has 0 radical (unpaired) electrons. The van der Waals surface area contributed by atoms with Gasteiger partial charge >= 0.3 is 0 Å². The fraction of sp³-hybridized carbons (Fsp3) is 0.333. The number of rotatable bonds is 7. The second kappa shape index (κ2) is 9.01. The summed E-state index contributed by atoms with van der Waals surface area (Å²) < 4.78 is 25.4. The van der Waals surface area contributed by atoms with Gasteiger partial charge < -0.3 is 10.6 Å². The average Bonchev–Trinajstić information content (AvgIpc) is 3.23. The molecule has 3 rings (SSSR count). The Morgan fingerprint density at radius 1 is 0.929 bits per heavy atom. The van der Waals surface area contributed by atoms with Gasteiger partial charge in [-0.2, -0.15) is 0 Å². The van der Waals surface area contributed by atoms with Crippen molar-refractivity contribution in [1.82, 2.24) is 5.32 Å². The smallest absolute Gasteiger partial charge is 0.243 e. The molecule has 0 heterocycles. The number of carbonyl (C=O) groups excluding carboxylic acids is 2. The van der Waals surface area contributed by atoms with Crippen molar-refractivity contribution in [3.63, 3.8) is 0 Å². The molecular weight excluding hydrogens is 376 g/mol. The van der Waals surface area contributed by atoms with Crippen LogP contribution in [0.2, 0.25) is 0 Å². The van der Waals surface area contributed by atoms with Crippen LogP contribution in [0.15, 0.2) is 59.5 Å². The summed E-state index contributed by atoms with van der Waals surface area (Å²) in [6.07, 6.45) is 3.44. The predicted octanol–water partition coefficient (Wildman–Crippen LogP) is 2.70. The van der Waals surface area contributed by atoms with Crippen LogP contribution in [-0.2, 0) is 25.8 Å². The summed E-state index contributed by atoms with van der Waals surface area (Å²) in [4.78, 5) is 24.3. The lowest BCUT2D eigenvalue weighted by Crippen LogP contribution is -2.33. The maximum atomic E-state index is 12.7. The van der Waals surface area contributed by atoms with Gasteiger partial charge in [0.2, 0.25) is 11.8 Å². The van der Waals surface area contributed by atoms with E-state index < -0.39 is 15.7 Å². The third-order valence-electron chi connectivity index (χ3n) is 4.84. The van der Waals surface area contributed by atoms with Crippen molar-refractivity contribution < 1.29 is 18.0 Å². The number of amides is 2. The van der Waals surface area contributed by atoms with Gasteiger partial charge in [0, 0.05) is 5.69 Å². The molecule has 0 unspecified atom stereocenters. The minimum atomic E-state index is -3.38. The van der Waals surface area contributed by atoms with E-state index in [9.17, 15) is 18.0 Å². The molecule has 2 N–H and O–H groups in total. The van der Waals surface area contributed by atoms with Crippen LogP contribution >= 0.6 is 0 Å². The van der Waals surface area contributed by atoms with E-state index >= 15 is 0 Å². The molecule has 28 heavy (non-hydrogen) atoms. The van der Waals surface area contributed by atoms with E-state index in [1.54, 1.807) is 18.2 Å². The fourth-order valence-electron chi connectivity index (χ4n) is 3.37. The maximum absolute atomic E-state index is 12.7. The summed E-state index contributed by atoms with van der Waals surface area (Å²) in [5.41, 5.74) is 1.27. The molecule has 7 heteroatoms. The van der Waals surface area contributed by atoms with Gasteiger partial charge in [0.25, 0.3) is 0 Å². The third kappa shape index (κ3) is 5.19. The Hall–Kier alpha value is -2.67. The van der Waals surface area contributed by atoms with Gasteiger partial charge in [-0.05, 0) is 36.6 Å². The second-order valence-corrected chi connectivity index (χ2v) is 9.19. The summed E-state index contributed by atoms with van der Waals surface area (Å²) in [7, 11) is -3.38. The van der Waals surface area contributed by atoms with Gasteiger partial charge in [0.05, 0.1) is 23.1 Å². The molecule has 0 atom stereocenters. The Morgan fingerprint density at radius 2 is 1.64 bits per heavy atom. The van der Waals surface area contributed by atoms with Crippen molar-refractivity contribution >= 4 is 27.3 Å². The monoisotopic (exact) mass is 400 g/mol. The highest BCUT2D eigenvalue weighted by Gasteiger charge is 2.30. The highest BCUT2D eigenvalue weighted by Crippen LogP contribution is 2.30. The van der Waals surface area contributed by atoms with E-state index in [4.69, 9.17) is 0 Å². The van der Waals surface area contributed by atoms with Gasteiger partial charge in [-0.15, -0.1) is 0 Å². The Kier molecular flexibility index (Phi) is 6.46. The van der Waals surface area contributed by atoms with E-state index in [2.05, 4.69) is 10.6 Å². The van der Waals surface area contributed by atoms with Crippen LogP contribution in [0.25, 0.3) is 0 Å². The molecular formula is C21H24N2O4S. The van der Waals surface area contributed by atoms with Gasteiger partial charge in [0.15, 0.2) is 9.84 Å². The van der Waals surface area contributed by atoms with Crippen LogP contribution in [0, 0.1) is 0 Å². The summed E-state index contributed by atoms with van der Waals surface area (Å²) in [5, 5.41) is 4.88. The molecule has 0 aromatic heterocycles. The van der Waals surface area contributed by atoms with Crippen molar-refractivity contribution in [2.75, 3.05) is 11.9 Å². The fourth-order valence-corrected chi connectivity index (χ4v) is 5.27. The number of sulfone groups is 1. The minimum Gasteiger partial charge on any atom is -0.347 e. The highest BCUT2D eigenvalue weighted by atomic mass is 32.2. The largest absolute Gasteiger partial charge is 0.347 e. The average molecular weight is 401 g/mol. The van der Waals surface area contributed by atoms with Crippen LogP contribution in [-0.4, -0.2) is 32.0 Å². The molecule has 148 valence electrons. The number of nitrogens with one attached hydrogen (secondary N) is 2. The molecule has 0 saturated heterocycles. The van der Waals surface area contributed by atoms with E-state index in [1.165, 1.54) is 6.07 Å². The Bertz CT molecular complexity index is 936. The maximum Gasteiger partial charge on any atom is 0.243 e. The molecule has 0 spiro atoms. The lowest BCUT2D eigenvalue weighted by Gasteiger charge is -2.13.